The van der Waals surface area contributed by atoms with Crippen molar-refractivity contribution in [2.75, 3.05) is 19.6 Å². The predicted octanol–water partition coefficient (Wildman–Crippen LogP) is 4.92. The number of nitrogens with zero attached hydrogens (tertiary/aromatic N) is 2. The number of carbonyl (C=O) groups excluding carboxylic acids is 1. The van der Waals surface area contributed by atoms with Crippen LogP contribution >= 0.6 is 36.2 Å². The maximum atomic E-state index is 13.2. The zero-order valence-corrected chi connectivity index (χ0v) is 18.9. The monoisotopic (exact) mass is 467 g/mol. The lowest BCUT2D eigenvalue weighted by atomic mass is 9.89. The molecule has 3 aromatic rings. The van der Waals surface area contributed by atoms with Crippen molar-refractivity contribution in [3.8, 4) is 10.6 Å². The number of carbonyl (C=O) groups is 1. The average Bonchev–Trinajstić information content (AvgIpc) is 3.32. The van der Waals surface area contributed by atoms with Crippen molar-refractivity contribution in [3.05, 3.63) is 76.5 Å². The SMILES string of the molecule is Cc1nc(-c2ccc(F)cc2)sc1C(=O)N1C[C@@H](CN)[C@H](c2ccccc2)C1.Cl.Cl. The number of nitrogens with two attached hydrogens (primary N) is 1. The van der Waals surface area contributed by atoms with Crippen molar-refractivity contribution in [2.45, 2.75) is 12.8 Å². The zero-order valence-electron chi connectivity index (χ0n) is 16.5. The van der Waals surface area contributed by atoms with E-state index >= 15 is 0 Å². The van der Waals surface area contributed by atoms with Crippen LogP contribution in [-0.2, 0) is 0 Å². The van der Waals surface area contributed by atoms with E-state index in [0.29, 0.717) is 30.2 Å². The minimum absolute atomic E-state index is 0. The van der Waals surface area contributed by atoms with Crippen LogP contribution in [0, 0.1) is 18.7 Å². The summed E-state index contributed by atoms with van der Waals surface area (Å²) in [4.78, 5) is 20.3. The van der Waals surface area contributed by atoms with Crippen LogP contribution < -0.4 is 5.73 Å². The van der Waals surface area contributed by atoms with Gasteiger partial charge in [-0.25, -0.2) is 9.37 Å². The smallest absolute Gasteiger partial charge is 0.265 e. The van der Waals surface area contributed by atoms with Gasteiger partial charge in [-0.15, -0.1) is 36.2 Å². The Morgan fingerprint density at radius 2 is 1.80 bits per heavy atom. The van der Waals surface area contributed by atoms with Gasteiger partial charge >= 0.3 is 0 Å². The molecule has 160 valence electrons. The largest absolute Gasteiger partial charge is 0.337 e. The van der Waals surface area contributed by atoms with E-state index in [2.05, 4.69) is 17.1 Å². The number of halogens is 3. The molecule has 1 amide bonds. The second kappa shape index (κ2) is 10.4. The Labute approximate surface area is 192 Å². The van der Waals surface area contributed by atoms with Gasteiger partial charge in [-0.1, -0.05) is 30.3 Å². The molecule has 0 bridgehead atoms. The third-order valence-electron chi connectivity index (χ3n) is 5.34. The van der Waals surface area contributed by atoms with E-state index in [-0.39, 0.29) is 48.4 Å². The van der Waals surface area contributed by atoms with E-state index < -0.39 is 0 Å². The number of benzene rings is 2. The lowest BCUT2D eigenvalue weighted by molar-refractivity contribution is 0.0790. The van der Waals surface area contributed by atoms with Crippen molar-refractivity contribution in [2.24, 2.45) is 11.7 Å². The van der Waals surface area contributed by atoms with Gasteiger partial charge in [0.2, 0.25) is 0 Å². The van der Waals surface area contributed by atoms with Crippen molar-refractivity contribution in [3.63, 3.8) is 0 Å². The fraction of sp³-hybridized carbons (Fsp3) is 0.273. The van der Waals surface area contributed by atoms with E-state index in [1.54, 1.807) is 12.1 Å². The van der Waals surface area contributed by atoms with E-state index in [0.717, 1.165) is 10.6 Å². The minimum Gasteiger partial charge on any atom is -0.337 e. The highest BCUT2D eigenvalue weighted by molar-refractivity contribution is 7.17. The summed E-state index contributed by atoms with van der Waals surface area (Å²) in [5.41, 5.74) is 8.76. The minimum atomic E-state index is -0.287. The normalized spacial score (nSPS) is 17.9. The fourth-order valence-electron chi connectivity index (χ4n) is 3.81. The molecule has 1 saturated heterocycles. The third kappa shape index (κ3) is 4.83. The van der Waals surface area contributed by atoms with E-state index in [9.17, 15) is 9.18 Å². The second-order valence-corrected chi connectivity index (χ2v) is 8.16. The highest BCUT2D eigenvalue weighted by atomic mass is 35.5. The maximum Gasteiger partial charge on any atom is 0.265 e. The Morgan fingerprint density at radius 1 is 1.13 bits per heavy atom. The highest BCUT2D eigenvalue weighted by Gasteiger charge is 2.36. The zero-order chi connectivity index (χ0) is 19.7. The van der Waals surface area contributed by atoms with Gasteiger partial charge < -0.3 is 10.6 Å². The molecule has 1 aromatic heterocycles. The van der Waals surface area contributed by atoms with E-state index in [1.165, 1.54) is 29.0 Å². The first-order valence-corrected chi connectivity index (χ1v) is 10.2. The molecule has 1 fully saturated rings. The molecule has 2 heterocycles. The van der Waals surface area contributed by atoms with Gasteiger partial charge in [0.15, 0.2) is 0 Å². The van der Waals surface area contributed by atoms with Gasteiger partial charge in [0.05, 0.1) is 5.69 Å². The molecule has 2 N–H and O–H groups in total. The molecule has 8 heteroatoms. The Morgan fingerprint density at radius 3 is 2.43 bits per heavy atom. The first-order valence-electron chi connectivity index (χ1n) is 9.34. The summed E-state index contributed by atoms with van der Waals surface area (Å²) in [6.07, 6.45) is 0. The molecule has 1 aliphatic heterocycles. The Kier molecular flexibility index (Phi) is 8.38. The summed E-state index contributed by atoms with van der Waals surface area (Å²) in [5.74, 6) is 0.210. The molecule has 0 aliphatic carbocycles. The van der Waals surface area contributed by atoms with Gasteiger partial charge in [0, 0.05) is 24.6 Å². The second-order valence-electron chi connectivity index (χ2n) is 7.16. The summed E-state index contributed by atoms with van der Waals surface area (Å²) in [6.45, 7) is 3.71. The first kappa shape index (κ1) is 24.3. The molecule has 0 radical (unpaired) electrons. The summed E-state index contributed by atoms with van der Waals surface area (Å²) >= 11 is 1.36. The molecule has 4 rings (SSSR count). The number of amides is 1. The van der Waals surface area contributed by atoms with Crippen LogP contribution in [0.25, 0.3) is 10.6 Å². The molecule has 0 unspecified atom stereocenters. The molecule has 2 atom stereocenters. The third-order valence-corrected chi connectivity index (χ3v) is 6.54. The number of likely N-dealkylation sites (tertiary alicyclic amines) is 1. The summed E-state index contributed by atoms with van der Waals surface area (Å²) in [6, 6.07) is 16.4. The average molecular weight is 468 g/mol. The van der Waals surface area contributed by atoms with Gasteiger partial charge in [-0.05, 0) is 49.2 Å². The predicted molar refractivity (Wildman–Crippen MR) is 124 cm³/mol. The van der Waals surface area contributed by atoms with Crippen LogP contribution in [0.15, 0.2) is 54.6 Å². The number of hydrogen-bond donors (Lipinski definition) is 1. The van der Waals surface area contributed by atoms with E-state index in [1.807, 2.05) is 30.0 Å². The summed E-state index contributed by atoms with van der Waals surface area (Å²) in [7, 11) is 0. The first-order chi connectivity index (χ1) is 13.6. The van der Waals surface area contributed by atoms with Gasteiger partial charge in [-0.3, -0.25) is 4.79 Å². The van der Waals surface area contributed by atoms with E-state index in [4.69, 9.17) is 5.73 Å². The quantitative estimate of drug-likeness (QED) is 0.592. The lowest BCUT2D eigenvalue weighted by Crippen LogP contribution is -2.29. The van der Waals surface area contributed by atoms with Crippen LogP contribution in [0.4, 0.5) is 4.39 Å². The number of hydrogen-bond acceptors (Lipinski definition) is 4. The van der Waals surface area contributed by atoms with Crippen LogP contribution in [0.3, 0.4) is 0 Å². The molecule has 0 spiro atoms. The number of thiazole rings is 1. The fourth-order valence-corrected chi connectivity index (χ4v) is 4.85. The Bertz CT molecular complexity index is 982. The van der Waals surface area contributed by atoms with Gasteiger partial charge in [0.25, 0.3) is 5.91 Å². The van der Waals surface area contributed by atoms with Crippen molar-refractivity contribution < 1.29 is 9.18 Å². The lowest BCUT2D eigenvalue weighted by Gasteiger charge is -2.16. The molecular weight excluding hydrogens is 444 g/mol. The van der Waals surface area contributed by atoms with Gasteiger partial charge in [0.1, 0.15) is 15.7 Å². The number of rotatable bonds is 4. The summed E-state index contributed by atoms with van der Waals surface area (Å²) < 4.78 is 13.2. The van der Waals surface area contributed by atoms with Crippen LogP contribution in [0.5, 0.6) is 0 Å². The van der Waals surface area contributed by atoms with Crippen LogP contribution in [-0.4, -0.2) is 35.4 Å². The maximum absolute atomic E-state index is 13.2. The van der Waals surface area contributed by atoms with Crippen molar-refractivity contribution in [1.29, 1.82) is 0 Å². The topological polar surface area (TPSA) is 59.2 Å². The summed E-state index contributed by atoms with van der Waals surface area (Å²) in [5, 5.41) is 0.732. The molecule has 2 aromatic carbocycles. The number of aromatic nitrogens is 1. The van der Waals surface area contributed by atoms with Crippen LogP contribution in [0.1, 0.15) is 26.8 Å². The van der Waals surface area contributed by atoms with Gasteiger partial charge in [-0.2, -0.15) is 0 Å². The molecular formula is C22H24Cl2FN3OS. The molecule has 4 nitrogen and oxygen atoms in total. The van der Waals surface area contributed by atoms with Crippen LogP contribution in [0.2, 0.25) is 0 Å². The molecule has 0 saturated carbocycles. The highest BCUT2D eigenvalue weighted by Crippen LogP contribution is 2.35. The van der Waals surface area contributed by atoms with Crippen molar-refractivity contribution in [1.82, 2.24) is 9.88 Å². The Balaban J connectivity index is 0.00000160. The standard InChI is InChI=1S/C22H22FN3OS.2ClH/c1-14-20(28-21(25-14)16-7-9-18(23)10-8-16)22(27)26-12-17(11-24)19(13-26)15-5-3-2-4-6-15;;/h2-10,17,19H,11-13,24H2,1H3;2*1H/t17-,19+;;/m1../s1. The molecule has 1 aliphatic rings. The Hall–Kier alpha value is -1.99. The molecule has 30 heavy (non-hydrogen) atoms. The number of aryl methyl sites for hydroxylation is 1. The van der Waals surface area contributed by atoms with Crippen molar-refractivity contribution >= 4 is 42.1 Å².